The zero-order valence-electron chi connectivity index (χ0n) is 17.5. The number of anilines is 1. The lowest BCUT2D eigenvalue weighted by Crippen LogP contribution is -2.44. The molecule has 3 aromatic rings. The van der Waals surface area contributed by atoms with Crippen molar-refractivity contribution in [3.63, 3.8) is 0 Å². The molecule has 0 aliphatic carbocycles. The first kappa shape index (κ1) is 20.5. The molecule has 0 saturated carbocycles. The van der Waals surface area contributed by atoms with E-state index in [2.05, 4.69) is 21.4 Å². The van der Waals surface area contributed by atoms with E-state index < -0.39 is 0 Å². The molecule has 1 saturated heterocycles. The van der Waals surface area contributed by atoms with E-state index in [9.17, 15) is 4.79 Å². The highest BCUT2D eigenvalue weighted by Crippen LogP contribution is 2.23. The van der Waals surface area contributed by atoms with Crippen LogP contribution in [0.2, 0.25) is 0 Å². The van der Waals surface area contributed by atoms with Crippen LogP contribution in [0.1, 0.15) is 35.8 Å². The Labute approximate surface area is 181 Å². The molecule has 1 N–H and O–H groups in total. The molecule has 0 bridgehead atoms. The molecule has 0 unspecified atom stereocenters. The first-order valence-corrected chi connectivity index (χ1v) is 10.5. The first-order chi connectivity index (χ1) is 15.2. The molecule has 2 heterocycles. The minimum absolute atomic E-state index is 0.0819. The fourth-order valence-electron chi connectivity index (χ4n) is 3.77. The second kappa shape index (κ2) is 9.35. The second-order valence-electron chi connectivity index (χ2n) is 7.45. The van der Waals surface area contributed by atoms with Crippen molar-refractivity contribution in [1.29, 1.82) is 5.26 Å². The standard InChI is InChI=1S/C24H25N5O2/c1-2-31-22-17-29(21-6-4-3-5-7-21)27-23(22)24(30)26-19-12-14-28(15-13-19)20-10-8-18(16-25)9-11-20/h3-11,17,19H,2,12-15H2,1H3,(H,26,30). The summed E-state index contributed by atoms with van der Waals surface area (Å²) in [6.07, 6.45) is 3.44. The number of rotatable bonds is 6. The Morgan fingerprint density at radius 1 is 1.13 bits per heavy atom. The third kappa shape index (κ3) is 4.69. The van der Waals surface area contributed by atoms with Gasteiger partial charge in [0.05, 0.1) is 30.1 Å². The van der Waals surface area contributed by atoms with Crippen molar-refractivity contribution < 1.29 is 9.53 Å². The summed E-state index contributed by atoms with van der Waals surface area (Å²) in [5.74, 6) is 0.272. The summed E-state index contributed by atoms with van der Waals surface area (Å²) in [6.45, 7) is 4.03. The van der Waals surface area contributed by atoms with E-state index in [0.717, 1.165) is 37.3 Å². The van der Waals surface area contributed by atoms with E-state index in [1.54, 1.807) is 10.9 Å². The Hall–Kier alpha value is -3.79. The number of ether oxygens (including phenoxy) is 1. The monoisotopic (exact) mass is 415 g/mol. The van der Waals surface area contributed by atoms with Gasteiger partial charge in [0.25, 0.3) is 5.91 Å². The van der Waals surface area contributed by atoms with Crippen molar-refractivity contribution in [3.05, 3.63) is 72.1 Å². The van der Waals surface area contributed by atoms with Crippen LogP contribution in [0.5, 0.6) is 5.75 Å². The maximum atomic E-state index is 13.0. The molecule has 7 heteroatoms. The van der Waals surface area contributed by atoms with Gasteiger partial charge in [-0.05, 0) is 56.2 Å². The average molecular weight is 415 g/mol. The zero-order chi connectivity index (χ0) is 21.6. The Balaban J connectivity index is 1.40. The van der Waals surface area contributed by atoms with Gasteiger partial charge in [0.2, 0.25) is 0 Å². The molecule has 0 spiro atoms. The highest BCUT2D eigenvalue weighted by Gasteiger charge is 2.25. The fourth-order valence-corrected chi connectivity index (χ4v) is 3.77. The van der Waals surface area contributed by atoms with Gasteiger partial charge in [0, 0.05) is 24.8 Å². The number of carbonyl (C=O) groups excluding carboxylic acids is 1. The molecule has 0 atom stereocenters. The van der Waals surface area contributed by atoms with Gasteiger partial charge in [-0.2, -0.15) is 10.4 Å². The number of amides is 1. The van der Waals surface area contributed by atoms with E-state index >= 15 is 0 Å². The van der Waals surface area contributed by atoms with Gasteiger partial charge >= 0.3 is 0 Å². The molecule has 31 heavy (non-hydrogen) atoms. The number of benzene rings is 2. The van der Waals surface area contributed by atoms with E-state index in [1.807, 2.05) is 61.5 Å². The van der Waals surface area contributed by atoms with Crippen molar-refractivity contribution in [1.82, 2.24) is 15.1 Å². The Bertz CT molecular complexity index is 1060. The van der Waals surface area contributed by atoms with Crippen LogP contribution in [0.25, 0.3) is 5.69 Å². The van der Waals surface area contributed by atoms with Crippen LogP contribution in [-0.2, 0) is 0 Å². The predicted octanol–water partition coefficient (Wildman–Crippen LogP) is 3.54. The van der Waals surface area contributed by atoms with Gasteiger partial charge in [-0.3, -0.25) is 4.79 Å². The largest absolute Gasteiger partial charge is 0.490 e. The summed E-state index contributed by atoms with van der Waals surface area (Å²) in [5, 5.41) is 16.6. The van der Waals surface area contributed by atoms with Gasteiger partial charge in [-0.15, -0.1) is 0 Å². The van der Waals surface area contributed by atoms with Gasteiger partial charge in [0.15, 0.2) is 11.4 Å². The highest BCUT2D eigenvalue weighted by molar-refractivity contribution is 5.95. The normalized spacial score (nSPS) is 14.1. The predicted molar refractivity (Wildman–Crippen MR) is 119 cm³/mol. The molecule has 0 radical (unpaired) electrons. The zero-order valence-corrected chi connectivity index (χ0v) is 17.5. The van der Waals surface area contributed by atoms with E-state index in [1.165, 1.54) is 0 Å². The summed E-state index contributed by atoms with van der Waals surface area (Å²) in [4.78, 5) is 15.2. The van der Waals surface area contributed by atoms with E-state index in [-0.39, 0.29) is 11.9 Å². The Kier molecular flexibility index (Phi) is 6.18. The topological polar surface area (TPSA) is 83.2 Å². The molecule has 1 aliphatic rings. The van der Waals surface area contributed by atoms with Crippen LogP contribution >= 0.6 is 0 Å². The summed E-state index contributed by atoms with van der Waals surface area (Å²) >= 11 is 0. The summed E-state index contributed by atoms with van der Waals surface area (Å²) in [7, 11) is 0. The molecule has 158 valence electrons. The number of nitrogens with one attached hydrogen (secondary N) is 1. The number of carbonyl (C=O) groups is 1. The Morgan fingerprint density at radius 2 is 1.84 bits per heavy atom. The number of hydrogen-bond donors (Lipinski definition) is 1. The maximum absolute atomic E-state index is 13.0. The van der Waals surface area contributed by atoms with Crippen molar-refractivity contribution >= 4 is 11.6 Å². The third-order valence-electron chi connectivity index (χ3n) is 5.41. The third-order valence-corrected chi connectivity index (χ3v) is 5.41. The molecule has 1 amide bonds. The lowest BCUT2D eigenvalue weighted by molar-refractivity contribution is 0.0922. The van der Waals surface area contributed by atoms with Gasteiger partial charge in [-0.25, -0.2) is 4.68 Å². The lowest BCUT2D eigenvalue weighted by atomic mass is 10.0. The molecule has 4 rings (SSSR count). The van der Waals surface area contributed by atoms with Crippen molar-refractivity contribution in [3.8, 4) is 17.5 Å². The van der Waals surface area contributed by atoms with Crippen molar-refractivity contribution in [2.75, 3.05) is 24.6 Å². The summed E-state index contributed by atoms with van der Waals surface area (Å²) < 4.78 is 7.34. The number of nitriles is 1. The molecular weight excluding hydrogens is 390 g/mol. The molecule has 1 fully saturated rings. The van der Waals surface area contributed by atoms with E-state index in [4.69, 9.17) is 10.00 Å². The molecule has 7 nitrogen and oxygen atoms in total. The molecular formula is C24H25N5O2. The second-order valence-corrected chi connectivity index (χ2v) is 7.45. The van der Waals surface area contributed by atoms with Gasteiger partial charge in [-0.1, -0.05) is 18.2 Å². The molecule has 1 aromatic heterocycles. The average Bonchev–Trinajstić information content (AvgIpc) is 3.25. The smallest absolute Gasteiger partial charge is 0.275 e. The minimum Gasteiger partial charge on any atom is -0.490 e. The number of para-hydroxylation sites is 1. The van der Waals surface area contributed by atoms with E-state index in [0.29, 0.717) is 23.6 Å². The number of nitrogens with zero attached hydrogens (tertiary/aromatic N) is 4. The number of hydrogen-bond acceptors (Lipinski definition) is 5. The van der Waals surface area contributed by atoms with Crippen LogP contribution in [0.4, 0.5) is 5.69 Å². The van der Waals surface area contributed by atoms with Crippen LogP contribution in [0.3, 0.4) is 0 Å². The quantitative estimate of drug-likeness (QED) is 0.666. The molecule has 2 aromatic carbocycles. The van der Waals surface area contributed by atoms with Gasteiger partial charge < -0.3 is 15.0 Å². The minimum atomic E-state index is -0.213. The highest BCUT2D eigenvalue weighted by atomic mass is 16.5. The van der Waals surface area contributed by atoms with Crippen molar-refractivity contribution in [2.45, 2.75) is 25.8 Å². The van der Waals surface area contributed by atoms with Gasteiger partial charge in [0.1, 0.15) is 0 Å². The summed E-state index contributed by atoms with van der Waals surface area (Å²) in [6, 6.07) is 19.5. The first-order valence-electron chi connectivity index (χ1n) is 10.5. The van der Waals surface area contributed by atoms with Crippen LogP contribution in [0, 0.1) is 11.3 Å². The SMILES string of the molecule is CCOc1cn(-c2ccccc2)nc1C(=O)NC1CCN(c2ccc(C#N)cc2)CC1. The van der Waals surface area contributed by atoms with Crippen molar-refractivity contribution in [2.24, 2.45) is 0 Å². The lowest BCUT2D eigenvalue weighted by Gasteiger charge is -2.33. The van der Waals surface area contributed by atoms with Crippen LogP contribution < -0.4 is 15.0 Å². The Morgan fingerprint density at radius 3 is 2.48 bits per heavy atom. The van der Waals surface area contributed by atoms with Crippen LogP contribution in [-0.4, -0.2) is 41.4 Å². The summed E-state index contributed by atoms with van der Waals surface area (Å²) in [5.41, 5.74) is 2.94. The van der Waals surface area contributed by atoms with Crippen LogP contribution in [0.15, 0.2) is 60.8 Å². The number of aromatic nitrogens is 2. The number of piperidine rings is 1. The fraction of sp³-hybridized carbons (Fsp3) is 0.292. The maximum Gasteiger partial charge on any atom is 0.275 e. The molecule has 1 aliphatic heterocycles.